The number of hydrogen-bond donors (Lipinski definition) is 0. The van der Waals surface area contributed by atoms with Gasteiger partial charge < -0.3 is 9.47 Å². The van der Waals surface area contributed by atoms with Crippen molar-refractivity contribution in [3.05, 3.63) is 78.1 Å². The van der Waals surface area contributed by atoms with Crippen LogP contribution in [-0.2, 0) is 4.74 Å². The average Bonchev–Trinajstić information content (AvgIpc) is 3.17. The molecule has 0 radical (unpaired) electrons. The molecule has 0 fully saturated rings. The molecular formula is C20H19N3O3. The van der Waals surface area contributed by atoms with Crippen LogP contribution in [-0.4, -0.2) is 41.1 Å². The average molecular weight is 349 g/mol. The lowest BCUT2D eigenvalue weighted by Crippen LogP contribution is -2.04. The summed E-state index contributed by atoms with van der Waals surface area (Å²) in [6.07, 6.45) is 4.91. The normalized spacial score (nSPS) is 11.0. The van der Waals surface area contributed by atoms with Gasteiger partial charge in [0.2, 0.25) is 0 Å². The molecule has 0 bridgehead atoms. The first-order valence-electron chi connectivity index (χ1n) is 8.18. The summed E-state index contributed by atoms with van der Waals surface area (Å²) < 4.78 is 12.1. The molecule has 0 saturated carbocycles. The Balaban J connectivity index is 1.62. The molecule has 26 heavy (non-hydrogen) atoms. The van der Waals surface area contributed by atoms with Crippen LogP contribution in [0, 0.1) is 0 Å². The number of ether oxygens (including phenoxy) is 2. The van der Waals surface area contributed by atoms with E-state index in [9.17, 15) is 4.79 Å². The minimum absolute atomic E-state index is 0.109. The van der Waals surface area contributed by atoms with Crippen LogP contribution < -0.4 is 4.74 Å². The third-order valence-corrected chi connectivity index (χ3v) is 3.63. The number of hydrogen-bond acceptors (Lipinski definition) is 5. The van der Waals surface area contributed by atoms with Gasteiger partial charge in [-0.15, -0.1) is 5.10 Å². The van der Waals surface area contributed by atoms with Crippen LogP contribution in [0.1, 0.15) is 16.1 Å². The van der Waals surface area contributed by atoms with Crippen LogP contribution in [0.5, 0.6) is 5.75 Å². The predicted molar refractivity (Wildman–Crippen MR) is 98.5 cm³/mol. The molecule has 0 amide bonds. The summed E-state index contributed by atoms with van der Waals surface area (Å²) in [7, 11) is 1.62. The molecule has 0 atom stereocenters. The van der Waals surface area contributed by atoms with Gasteiger partial charge in [-0.25, -0.2) is 4.68 Å². The lowest BCUT2D eigenvalue weighted by molar-refractivity contribution is 0.104. The fraction of sp³-hybridized carbons (Fsp3) is 0.150. The molecule has 2 aromatic carbocycles. The van der Waals surface area contributed by atoms with Crippen LogP contribution in [0.4, 0.5) is 0 Å². The first-order chi connectivity index (χ1) is 12.8. The molecule has 132 valence electrons. The molecule has 6 nitrogen and oxygen atoms in total. The molecule has 0 aliphatic rings. The van der Waals surface area contributed by atoms with Crippen molar-refractivity contribution in [2.75, 3.05) is 20.3 Å². The molecule has 0 spiro atoms. The Morgan fingerprint density at radius 3 is 2.58 bits per heavy atom. The topological polar surface area (TPSA) is 66.2 Å². The minimum atomic E-state index is -0.109. The highest BCUT2D eigenvalue weighted by molar-refractivity contribution is 6.06. The number of methoxy groups -OCH3 is 1. The summed E-state index contributed by atoms with van der Waals surface area (Å²) >= 11 is 0. The van der Waals surface area contributed by atoms with Gasteiger partial charge >= 0.3 is 0 Å². The zero-order valence-corrected chi connectivity index (χ0v) is 14.4. The predicted octanol–water partition coefficient (Wildman–Crippen LogP) is 3.19. The van der Waals surface area contributed by atoms with Crippen LogP contribution in [0.25, 0.3) is 11.8 Å². The monoisotopic (exact) mass is 349 g/mol. The molecule has 0 unspecified atom stereocenters. The molecule has 1 heterocycles. The van der Waals surface area contributed by atoms with Gasteiger partial charge in [-0.05, 0) is 48.6 Å². The number of carbonyl (C=O) groups is 1. The highest BCUT2D eigenvalue weighted by atomic mass is 16.5. The van der Waals surface area contributed by atoms with Crippen molar-refractivity contribution in [3.8, 4) is 11.4 Å². The summed E-state index contributed by atoms with van der Waals surface area (Å²) in [6.45, 7) is 0.994. The number of rotatable bonds is 8. The Hall–Kier alpha value is -3.25. The zero-order chi connectivity index (χ0) is 18.2. The van der Waals surface area contributed by atoms with E-state index in [1.807, 2.05) is 30.3 Å². The highest BCUT2D eigenvalue weighted by Gasteiger charge is 2.04. The van der Waals surface area contributed by atoms with E-state index in [1.165, 1.54) is 6.08 Å². The van der Waals surface area contributed by atoms with Crippen LogP contribution in [0.2, 0.25) is 0 Å². The summed E-state index contributed by atoms with van der Waals surface area (Å²) in [5.41, 5.74) is 2.10. The van der Waals surface area contributed by atoms with Gasteiger partial charge in [0.1, 0.15) is 18.1 Å². The second kappa shape index (κ2) is 8.73. The van der Waals surface area contributed by atoms with Crippen LogP contribution >= 0.6 is 0 Å². The van der Waals surface area contributed by atoms with Crippen molar-refractivity contribution < 1.29 is 14.3 Å². The van der Waals surface area contributed by atoms with E-state index in [-0.39, 0.29) is 5.78 Å². The van der Waals surface area contributed by atoms with Crippen molar-refractivity contribution in [3.63, 3.8) is 0 Å². The quantitative estimate of drug-likeness (QED) is 0.355. The fourth-order valence-electron chi connectivity index (χ4n) is 2.28. The lowest BCUT2D eigenvalue weighted by Gasteiger charge is -2.05. The minimum Gasteiger partial charge on any atom is -0.491 e. The Morgan fingerprint density at radius 2 is 1.85 bits per heavy atom. The largest absolute Gasteiger partial charge is 0.491 e. The van der Waals surface area contributed by atoms with E-state index in [0.29, 0.717) is 30.2 Å². The number of aromatic nitrogens is 3. The van der Waals surface area contributed by atoms with Gasteiger partial charge in [-0.2, -0.15) is 0 Å². The third kappa shape index (κ3) is 4.64. The van der Waals surface area contributed by atoms with Gasteiger partial charge in [-0.3, -0.25) is 4.79 Å². The second-order valence-electron chi connectivity index (χ2n) is 5.49. The number of benzene rings is 2. The van der Waals surface area contributed by atoms with Crippen molar-refractivity contribution in [1.82, 2.24) is 15.0 Å². The number of nitrogens with zero attached hydrogens (tertiary/aromatic N) is 3. The molecular weight excluding hydrogens is 330 g/mol. The molecule has 3 rings (SSSR count). The van der Waals surface area contributed by atoms with Crippen molar-refractivity contribution >= 4 is 11.9 Å². The van der Waals surface area contributed by atoms with Gasteiger partial charge in [0.25, 0.3) is 0 Å². The summed E-state index contributed by atoms with van der Waals surface area (Å²) in [5.74, 6) is 0.594. The van der Waals surface area contributed by atoms with Gasteiger partial charge in [0, 0.05) is 12.7 Å². The molecule has 3 aromatic rings. The Morgan fingerprint density at radius 1 is 1.08 bits per heavy atom. The first kappa shape index (κ1) is 17.6. The summed E-state index contributed by atoms with van der Waals surface area (Å²) in [6, 6.07) is 16.7. The molecule has 1 aromatic heterocycles. The standard InChI is InChI=1S/C20H19N3O3/c1-25-13-14-26-19-10-7-16(8-11-19)20(24)12-9-17-15-23(22-21-17)18-5-3-2-4-6-18/h2-12,15H,13-14H2,1H3/b12-9-. The maximum Gasteiger partial charge on any atom is 0.185 e. The number of ketones is 1. The summed E-state index contributed by atoms with van der Waals surface area (Å²) in [4.78, 5) is 12.3. The van der Waals surface area contributed by atoms with E-state index in [2.05, 4.69) is 10.3 Å². The Kier molecular flexibility index (Phi) is 5.90. The maximum atomic E-state index is 12.3. The third-order valence-electron chi connectivity index (χ3n) is 3.63. The van der Waals surface area contributed by atoms with E-state index in [0.717, 1.165) is 5.69 Å². The number of allylic oxidation sites excluding steroid dienone is 1. The summed E-state index contributed by atoms with van der Waals surface area (Å²) in [5, 5.41) is 8.12. The molecule has 6 heteroatoms. The smallest absolute Gasteiger partial charge is 0.185 e. The highest BCUT2D eigenvalue weighted by Crippen LogP contribution is 2.13. The maximum absolute atomic E-state index is 12.3. The van der Waals surface area contributed by atoms with E-state index in [1.54, 1.807) is 48.3 Å². The second-order valence-corrected chi connectivity index (χ2v) is 5.49. The first-order valence-corrected chi connectivity index (χ1v) is 8.18. The molecule has 0 aliphatic heterocycles. The Labute approximate surface area is 151 Å². The number of carbonyl (C=O) groups excluding carboxylic acids is 1. The SMILES string of the molecule is COCCOc1ccc(C(=O)/C=C\c2cn(-c3ccccc3)nn2)cc1. The van der Waals surface area contributed by atoms with Crippen molar-refractivity contribution in [2.24, 2.45) is 0 Å². The van der Waals surface area contributed by atoms with E-state index >= 15 is 0 Å². The molecule has 0 saturated heterocycles. The Bertz CT molecular complexity index is 871. The lowest BCUT2D eigenvalue weighted by atomic mass is 10.1. The van der Waals surface area contributed by atoms with E-state index < -0.39 is 0 Å². The van der Waals surface area contributed by atoms with Crippen LogP contribution in [0.15, 0.2) is 66.9 Å². The fourth-order valence-corrected chi connectivity index (χ4v) is 2.28. The van der Waals surface area contributed by atoms with Gasteiger partial charge in [0.15, 0.2) is 5.78 Å². The van der Waals surface area contributed by atoms with Crippen molar-refractivity contribution in [2.45, 2.75) is 0 Å². The van der Waals surface area contributed by atoms with Crippen molar-refractivity contribution in [1.29, 1.82) is 0 Å². The van der Waals surface area contributed by atoms with Crippen LogP contribution in [0.3, 0.4) is 0 Å². The zero-order valence-electron chi connectivity index (χ0n) is 14.4. The number of para-hydroxylation sites is 1. The van der Waals surface area contributed by atoms with Gasteiger partial charge in [0.05, 0.1) is 18.5 Å². The molecule has 0 N–H and O–H groups in total. The van der Waals surface area contributed by atoms with E-state index in [4.69, 9.17) is 9.47 Å². The van der Waals surface area contributed by atoms with Gasteiger partial charge in [-0.1, -0.05) is 23.4 Å². The molecule has 0 aliphatic carbocycles.